The van der Waals surface area contributed by atoms with Crippen LogP contribution in [0.5, 0.6) is 0 Å². The summed E-state index contributed by atoms with van der Waals surface area (Å²) in [6, 6.07) is 14.8. The van der Waals surface area contributed by atoms with Crippen molar-refractivity contribution < 1.29 is 17.6 Å². The van der Waals surface area contributed by atoms with E-state index in [2.05, 4.69) is 26.1 Å². The molecule has 10 heteroatoms. The summed E-state index contributed by atoms with van der Waals surface area (Å²) in [5.41, 5.74) is 3.43. The first-order valence-corrected chi connectivity index (χ1v) is 13.6. The van der Waals surface area contributed by atoms with Crippen molar-refractivity contribution in [3.05, 3.63) is 66.1 Å². The minimum atomic E-state index is -3.65. The van der Waals surface area contributed by atoms with Gasteiger partial charge in [0.1, 0.15) is 5.82 Å². The number of hydrogen-bond donors (Lipinski definition) is 2. The van der Waals surface area contributed by atoms with E-state index in [-0.39, 0.29) is 22.7 Å². The molecule has 3 aromatic rings. The predicted molar refractivity (Wildman–Crippen MR) is 135 cm³/mol. The molecule has 3 fully saturated rings. The Bertz CT molecular complexity index is 1360. The minimum absolute atomic E-state index is 0.137. The molecule has 4 unspecified atom stereocenters. The monoisotopic (exact) mass is 511 g/mol. The van der Waals surface area contributed by atoms with Gasteiger partial charge in [-0.3, -0.25) is 14.4 Å². The second-order valence-electron chi connectivity index (χ2n) is 9.68. The number of anilines is 1. The van der Waals surface area contributed by atoms with E-state index in [9.17, 15) is 17.6 Å². The quantitative estimate of drug-likeness (QED) is 0.507. The number of benzene rings is 2. The molecule has 2 bridgehead atoms. The molecule has 4 atom stereocenters. The van der Waals surface area contributed by atoms with Crippen molar-refractivity contribution in [1.82, 2.24) is 19.4 Å². The number of aryl methyl sites for hydroxylation is 1. The summed E-state index contributed by atoms with van der Waals surface area (Å²) >= 11 is 0. The van der Waals surface area contributed by atoms with E-state index in [0.29, 0.717) is 24.1 Å². The number of nitrogens with zero attached hydrogens (tertiary/aromatic N) is 3. The summed E-state index contributed by atoms with van der Waals surface area (Å²) in [6.07, 6.45) is 1.97. The molecule has 0 aliphatic carbocycles. The second-order valence-corrected chi connectivity index (χ2v) is 11.4. The van der Waals surface area contributed by atoms with Gasteiger partial charge in [-0.15, -0.1) is 0 Å². The molecule has 3 aliphatic rings. The summed E-state index contributed by atoms with van der Waals surface area (Å²) in [4.78, 5) is 13.7. The zero-order valence-electron chi connectivity index (χ0n) is 20.3. The van der Waals surface area contributed by atoms with Crippen molar-refractivity contribution in [3.8, 4) is 11.3 Å². The number of carbonyl (C=O) groups excluding carboxylic acids is 1. The molecule has 3 aliphatic heterocycles. The molecular formula is C26H30FN5O3S. The number of hydrogen-bond acceptors (Lipinski definition) is 5. The molecule has 3 saturated heterocycles. The van der Waals surface area contributed by atoms with E-state index >= 15 is 0 Å². The first-order chi connectivity index (χ1) is 17.2. The van der Waals surface area contributed by atoms with Gasteiger partial charge in [0.15, 0.2) is 0 Å². The van der Waals surface area contributed by atoms with E-state index in [0.717, 1.165) is 42.9 Å². The van der Waals surface area contributed by atoms with E-state index < -0.39 is 10.0 Å². The van der Waals surface area contributed by atoms with Crippen LogP contribution in [0.1, 0.15) is 31.4 Å². The fourth-order valence-corrected chi connectivity index (χ4v) is 6.56. The van der Waals surface area contributed by atoms with Crippen LogP contribution in [0.25, 0.3) is 11.3 Å². The third kappa shape index (κ3) is 5.07. The van der Waals surface area contributed by atoms with Crippen molar-refractivity contribution >= 4 is 21.6 Å². The zero-order valence-corrected chi connectivity index (χ0v) is 21.1. The number of aromatic nitrogens is 2. The zero-order chi connectivity index (χ0) is 25.4. The fraction of sp³-hybridized carbons (Fsp3) is 0.385. The lowest BCUT2D eigenvalue weighted by Gasteiger charge is -2.49. The highest BCUT2D eigenvalue weighted by Gasteiger charge is 2.42. The number of piperidine rings is 3. The Morgan fingerprint density at radius 1 is 1.14 bits per heavy atom. The minimum Gasteiger partial charge on any atom is -0.326 e. The molecule has 2 N–H and O–H groups in total. The molecule has 2 aromatic carbocycles. The number of carbonyl (C=O) groups is 1. The number of amides is 1. The highest BCUT2D eigenvalue weighted by Crippen LogP contribution is 2.42. The van der Waals surface area contributed by atoms with Gasteiger partial charge in [0, 0.05) is 56.0 Å². The summed E-state index contributed by atoms with van der Waals surface area (Å²) in [6.45, 7) is 3.56. The third-order valence-corrected chi connectivity index (χ3v) is 8.75. The Morgan fingerprint density at radius 2 is 1.86 bits per heavy atom. The van der Waals surface area contributed by atoms with E-state index in [1.165, 1.54) is 31.2 Å². The Balaban J connectivity index is 1.24. The molecule has 0 saturated carbocycles. The summed E-state index contributed by atoms with van der Waals surface area (Å²) in [7, 11) is -1.71. The standard InChI is InChI=1S/C26H30FN5O3S/c1-17(33)29-21-7-9-23(10-8-21)36(34,35)28-15-22-13-19-11-12-32(22)16-24(19)26-14-25(30-31(26)2)18-3-5-20(27)6-4-18/h3-10,14,19,22,24,28H,11-13,15-16H2,1-2H3,(H,29,33). The van der Waals surface area contributed by atoms with Crippen molar-refractivity contribution in [2.24, 2.45) is 13.0 Å². The number of fused-ring (bicyclic) bond motifs is 3. The van der Waals surface area contributed by atoms with Gasteiger partial charge < -0.3 is 5.32 Å². The Morgan fingerprint density at radius 3 is 2.50 bits per heavy atom. The lowest BCUT2D eigenvalue weighted by atomic mass is 9.74. The molecule has 6 rings (SSSR count). The van der Waals surface area contributed by atoms with Gasteiger partial charge in [-0.25, -0.2) is 17.5 Å². The Hall–Kier alpha value is -3.08. The molecule has 0 radical (unpaired) electrons. The van der Waals surface area contributed by atoms with Crippen LogP contribution in [0, 0.1) is 11.7 Å². The van der Waals surface area contributed by atoms with E-state index in [1.807, 2.05) is 11.7 Å². The predicted octanol–water partition coefficient (Wildman–Crippen LogP) is 3.34. The Kier molecular flexibility index (Phi) is 6.67. The van der Waals surface area contributed by atoms with Gasteiger partial charge in [0.25, 0.3) is 0 Å². The smallest absolute Gasteiger partial charge is 0.240 e. The SMILES string of the molecule is CC(=O)Nc1ccc(S(=O)(=O)NCC2CC3CCN2CC3c2cc(-c3ccc(F)cc3)nn2C)cc1. The fourth-order valence-electron chi connectivity index (χ4n) is 5.49. The van der Waals surface area contributed by atoms with Crippen molar-refractivity contribution in [1.29, 1.82) is 0 Å². The lowest BCUT2D eigenvalue weighted by Crippen LogP contribution is -2.56. The van der Waals surface area contributed by atoms with Gasteiger partial charge in [-0.1, -0.05) is 0 Å². The molecule has 1 aromatic heterocycles. The highest BCUT2D eigenvalue weighted by molar-refractivity contribution is 7.89. The summed E-state index contributed by atoms with van der Waals surface area (Å²) in [5.74, 6) is 0.287. The number of nitrogens with one attached hydrogen (secondary N) is 2. The van der Waals surface area contributed by atoms with Crippen LogP contribution in [0.2, 0.25) is 0 Å². The molecule has 4 heterocycles. The first kappa shape index (κ1) is 24.6. The van der Waals surface area contributed by atoms with Gasteiger partial charge in [-0.05, 0) is 79.9 Å². The summed E-state index contributed by atoms with van der Waals surface area (Å²) < 4.78 is 43.7. The van der Waals surface area contributed by atoms with Crippen molar-refractivity contribution in [2.75, 3.05) is 25.0 Å². The molecule has 0 spiro atoms. The van der Waals surface area contributed by atoms with Gasteiger partial charge in [-0.2, -0.15) is 5.10 Å². The van der Waals surface area contributed by atoms with Crippen molar-refractivity contribution in [2.45, 2.75) is 36.6 Å². The second kappa shape index (κ2) is 9.76. The normalized spacial score (nSPS) is 23.5. The van der Waals surface area contributed by atoms with Crippen LogP contribution in [0.4, 0.5) is 10.1 Å². The average molecular weight is 512 g/mol. The molecular weight excluding hydrogens is 481 g/mol. The maximum Gasteiger partial charge on any atom is 0.240 e. The summed E-state index contributed by atoms with van der Waals surface area (Å²) in [5, 5.41) is 7.31. The Labute approximate surface area is 210 Å². The maximum atomic E-state index is 13.3. The average Bonchev–Trinajstić information content (AvgIpc) is 3.25. The van der Waals surface area contributed by atoms with Crippen molar-refractivity contribution in [3.63, 3.8) is 0 Å². The van der Waals surface area contributed by atoms with E-state index in [4.69, 9.17) is 0 Å². The van der Waals surface area contributed by atoms with Gasteiger partial charge in [0.2, 0.25) is 15.9 Å². The van der Waals surface area contributed by atoms with Crippen LogP contribution in [0.3, 0.4) is 0 Å². The van der Waals surface area contributed by atoms with Gasteiger partial charge in [0.05, 0.1) is 10.6 Å². The largest absolute Gasteiger partial charge is 0.326 e. The molecule has 190 valence electrons. The number of sulfonamides is 1. The van der Waals surface area contributed by atoms with E-state index in [1.54, 1.807) is 24.3 Å². The maximum absolute atomic E-state index is 13.3. The van der Waals surface area contributed by atoms with Crippen LogP contribution in [-0.2, 0) is 21.9 Å². The molecule has 36 heavy (non-hydrogen) atoms. The molecule has 1 amide bonds. The van der Waals surface area contributed by atoms with Crippen LogP contribution < -0.4 is 10.0 Å². The number of halogens is 1. The van der Waals surface area contributed by atoms with Crippen LogP contribution >= 0.6 is 0 Å². The van der Waals surface area contributed by atoms with Gasteiger partial charge >= 0.3 is 0 Å². The van der Waals surface area contributed by atoms with Crippen LogP contribution in [0.15, 0.2) is 59.5 Å². The highest BCUT2D eigenvalue weighted by atomic mass is 32.2. The topological polar surface area (TPSA) is 96.3 Å². The first-order valence-electron chi connectivity index (χ1n) is 12.1. The van der Waals surface area contributed by atoms with Crippen LogP contribution in [-0.4, -0.2) is 54.7 Å². The number of rotatable bonds is 7. The third-order valence-electron chi connectivity index (χ3n) is 7.31. The molecule has 8 nitrogen and oxygen atoms in total. The lowest BCUT2D eigenvalue weighted by molar-refractivity contribution is -0.114.